The highest BCUT2D eigenvalue weighted by Gasteiger charge is 2.56. The zero-order valence-electron chi connectivity index (χ0n) is 14.9. The van der Waals surface area contributed by atoms with Crippen LogP contribution in [0.1, 0.15) is 39.6 Å². The molecule has 4 rings (SSSR count). The lowest BCUT2D eigenvalue weighted by Gasteiger charge is -2.27. The summed E-state index contributed by atoms with van der Waals surface area (Å²) in [5, 5.41) is 1.70. The van der Waals surface area contributed by atoms with E-state index < -0.39 is 11.4 Å². The molecule has 0 saturated heterocycles. The van der Waals surface area contributed by atoms with Crippen molar-refractivity contribution < 1.29 is 19.1 Å². The average molecular weight is 358 g/mol. The molecule has 1 aliphatic rings. The second-order valence-corrected chi connectivity index (χ2v) is 6.62. The third kappa shape index (κ3) is 2.48. The summed E-state index contributed by atoms with van der Waals surface area (Å²) in [5.41, 5.74) is -0.309. The van der Waals surface area contributed by atoms with E-state index in [9.17, 15) is 14.4 Å². The number of ether oxygens (including phenoxy) is 1. The van der Waals surface area contributed by atoms with Crippen molar-refractivity contribution in [1.29, 1.82) is 0 Å². The SMILES string of the molecule is CCOC(=O)CC1(c2cccc3ccccc23)C(=O)c2ccccc2C1=O. The highest BCUT2D eigenvalue weighted by Crippen LogP contribution is 2.44. The number of esters is 1. The summed E-state index contributed by atoms with van der Waals surface area (Å²) in [7, 11) is 0. The van der Waals surface area contributed by atoms with Gasteiger partial charge in [-0.1, -0.05) is 66.7 Å². The van der Waals surface area contributed by atoms with E-state index in [1.54, 1.807) is 37.3 Å². The summed E-state index contributed by atoms with van der Waals surface area (Å²) in [6, 6.07) is 19.8. The average Bonchev–Trinajstić information content (AvgIpc) is 2.90. The zero-order chi connectivity index (χ0) is 19.0. The Hall–Kier alpha value is -3.27. The Morgan fingerprint density at radius 1 is 0.852 bits per heavy atom. The van der Waals surface area contributed by atoms with Gasteiger partial charge in [0.05, 0.1) is 13.0 Å². The number of benzene rings is 3. The van der Waals surface area contributed by atoms with Gasteiger partial charge in [-0.3, -0.25) is 14.4 Å². The van der Waals surface area contributed by atoms with E-state index >= 15 is 0 Å². The number of hydrogen-bond donors (Lipinski definition) is 0. The van der Waals surface area contributed by atoms with Crippen LogP contribution >= 0.6 is 0 Å². The summed E-state index contributed by atoms with van der Waals surface area (Å²) in [5.74, 6) is -1.24. The second kappa shape index (κ2) is 6.47. The lowest BCUT2D eigenvalue weighted by atomic mass is 9.71. The van der Waals surface area contributed by atoms with Crippen molar-refractivity contribution in [1.82, 2.24) is 0 Å². The number of carbonyl (C=O) groups is 3. The fraction of sp³-hybridized carbons (Fsp3) is 0.174. The van der Waals surface area contributed by atoms with E-state index in [1.165, 1.54) is 0 Å². The molecule has 0 heterocycles. The van der Waals surface area contributed by atoms with Crippen molar-refractivity contribution in [3.63, 3.8) is 0 Å². The summed E-state index contributed by atoms with van der Waals surface area (Å²) in [6.07, 6.45) is -0.304. The van der Waals surface area contributed by atoms with E-state index in [-0.39, 0.29) is 24.6 Å². The predicted molar refractivity (Wildman–Crippen MR) is 102 cm³/mol. The third-order valence-corrected chi connectivity index (χ3v) is 5.16. The molecule has 0 unspecified atom stereocenters. The molecule has 3 aromatic carbocycles. The monoisotopic (exact) mass is 358 g/mol. The fourth-order valence-corrected chi connectivity index (χ4v) is 3.97. The van der Waals surface area contributed by atoms with Gasteiger partial charge in [-0.2, -0.15) is 0 Å². The second-order valence-electron chi connectivity index (χ2n) is 6.62. The Kier molecular flexibility index (Phi) is 4.11. The molecular weight excluding hydrogens is 340 g/mol. The van der Waals surface area contributed by atoms with Crippen LogP contribution in [0.4, 0.5) is 0 Å². The quantitative estimate of drug-likeness (QED) is 0.520. The van der Waals surface area contributed by atoms with Crippen molar-refractivity contribution in [3.8, 4) is 0 Å². The molecule has 4 nitrogen and oxygen atoms in total. The first-order valence-electron chi connectivity index (χ1n) is 8.92. The van der Waals surface area contributed by atoms with Gasteiger partial charge in [0.2, 0.25) is 0 Å². The van der Waals surface area contributed by atoms with Crippen LogP contribution in [-0.2, 0) is 14.9 Å². The highest BCUT2D eigenvalue weighted by molar-refractivity contribution is 6.35. The van der Waals surface area contributed by atoms with Crippen molar-refractivity contribution in [3.05, 3.63) is 83.4 Å². The number of ketones is 2. The molecule has 0 N–H and O–H groups in total. The van der Waals surface area contributed by atoms with E-state index in [0.717, 1.165) is 10.8 Å². The first kappa shape index (κ1) is 17.2. The summed E-state index contributed by atoms with van der Waals surface area (Å²) < 4.78 is 5.11. The van der Waals surface area contributed by atoms with E-state index in [0.29, 0.717) is 16.7 Å². The minimum absolute atomic E-state index is 0.194. The molecule has 0 spiro atoms. The normalized spacial score (nSPS) is 15.0. The number of carbonyl (C=O) groups excluding carboxylic acids is 3. The van der Waals surface area contributed by atoms with Crippen LogP contribution in [0.25, 0.3) is 10.8 Å². The standard InChI is InChI=1S/C23H18O4/c1-2-27-20(24)14-23(19-13-7-9-15-8-3-4-10-16(15)19)21(25)17-11-5-6-12-18(17)22(23)26/h3-13H,2,14H2,1H3. The summed E-state index contributed by atoms with van der Waals surface area (Å²) in [4.78, 5) is 39.4. The van der Waals surface area contributed by atoms with E-state index in [2.05, 4.69) is 0 Å². The van der Waals surface area contributed by atoms with Crippen LogP contribution in [0.2, 0.25) is 0 Å². The van der Waals surface area contributed by atoms with Gasteiger partial charge >= 0.3 is 5.97 Å². The molecule has 0 radical (unpaired) electrons. The Morgan fingerprint density at radius 2 is 1.44 bits per heavy atom. The molecular formula is C23H18O4. The smallest absolute Gasteiger partial charge is 0.307 e. The van der Waals surface area contributed by atoms with E-state index in [4.69, 9.17) is 4.74 Å². The number of Topliss-reactive ketones (excluding diaryl/α,β-unsaturated/α-hetero) is 2. The summed E-state index contributed by atoms with van der Waals surface area (Å²) in [6.45, 7) is 1.90. The zero-order valence-corrected chi connectivity index (χ0v) is 14.9. The molecule has 4 heteroatoms. The molecule has 27 heavy (non-hydrogen) atoms. The van der Waals surface area contributed by atoms with Gasteiger partial charge < -0.3 is 4.74 Å². The van der Waals surface area contributed by atoms with Gasteiger partial charge in [-0.05, 0) is 23.3 Å². The minimum Gasteiger partial charge on any atom is -0.466 e. The van der Waals surface area contributed by atoms with Crippen LogP contribution in [0.3, 0.4) is 0 Å². The van der Waals surface area contributed by atoms with E-state index in [1.807, 2.05) is 36.4 Å². The number of hydrogen-bond acceptors (Lipinski definition) is 4. The van der Waals surface area contributed by atoms with Crippen LogP contribution in [0.5, 0.6) is 0 Å². The molecule has 1 aliphatic carbocycles. The molecule has 0 aromatic heterocycles. The largest absolute Gasteiger partial charge is 0.466 e. The third-order valence-electron chi connectivity index (χ3n) is 5.16. The number of rotatable bonds is 4. The van der Waals surface area contributed by atoms with Crippen molar-refractivity contribution in [2.75, 3.05) is 6.61 Å². The van der Waals surface area contributed by atoms with Crippen LogP contribution < -0.4 is 0 Å². The van der Waals surface area contributed by atoms with Gasteiger partial charge in [0.15, 0.2) is 11.6 Å². The molecule has 0 bridgehead atoms. The summed E-state index contributed by atoms with van der Waals surface area (Å²) >= 11 is 0. The van der Waals surface area contributed by atoms with Gasteiger partial charge in [0.1, 0.15) is 5.41 Å². The molecule has 134 valence electrons. The number of fused-ring (bicyclic) bond motifs is 2. The minimum atomic E-state index is -1.59. The van der Waals surface area contributed by atoms with Crippen molar-refractivity contribution >= 4 is 28.3 Å². The molecule has 0 fully saturated rings. The van der Waals surface area contributed by atoms with Crippen molar-refractivity contribution in [2.24, 2.45) is 0 Å². The fourth-order valence-electron chi connectivity index (χ4n) is 3.97. The van der Waals surface area contributed by atoms with Gasteiger partial charge in [-0.25, -0.2) is 0 Å². The predicted octanol–water partition coefficient (Wildman–Crippen LogP) is 4.11. The van der Waals surface area contributed by atoms with Crippen LogP contribution in [0.15, 0.2) is 66.7 Å². The van der Waals surface area contributed by atoms with Crippen LogP contribution in [0, 0.1) is 0 Å². The highest BCUT2D eigenvalue weighted by atomic mass is 16.5. The Morgan fingerprint density at radius 3 is 2.11 bits per heavy atom. The van der Waals surface area contributed by atoms with Gasteiger partial charge in [0.25, 0.3) is 0 Å². The maximum absolute atomic E-state index is 13.5. The first-order chi connectivity index (χ1) is 13.1. The lowest BCUT2D eigenvalue weighted by molar-refractivity contribution is -0.143. The van der Waals surface area contributed by atoms with Crippen molar-refractivity contribution in [2.45, 2.75) is 18.8 Å². The van der Waals surface area contributed by atoms with Gasteiger partial charge in [-0.15, -0.1) is 0 Å². The maximum Gasteiger partial charge on any atom is 0.307 e. The molecule has 0 saturated carbocycles. The maximum atomic E-state index is 13.5. The van der Waals surface area contributed by atoms with Crippen LogP contribution in [-0.4, -0.2) is 24.1 Å². The molecule has 0 atom stereocenters. The topological polar surface area (TPSA) is 60.4 Å². The lowest BCUT2D eigenvalue weighted by Crippen LogP contribution is -2.41. The van der Waals surface area contributed by atoms with Gasteiger partial charge in [0, 0.05) is 11.1 Å². The Balaban J connectivity index is 2.00. The Labute approximate surface area is 156 Å². The Bertz CT molecular complexity index is 1040. The molecule has 0 aliphatic heterocycles. The molecule has 3 aromatic rings. The first-order valence-corrected chi connectivity index (χ1v) is 8.92. The molecule has 0 amide bonds.